The van der Waals surface area contributed by atoms with Gasteiger partial charge in [-0.2, -0.15) is 10.1 Å². The van der Waals surface area contributed by atoms with Gasteiger partial charge >= 0.3 is 0 Å². The van der Waals surface area contributed by atoms with Gasteiger partial charge in [0.25, 0.3) is 5.95 Å². The molecule has 1 unspecified atom stereocenters. The molecule has 1 aromatic carbocycles. The number of halogens is 1. The Bertz CT molecular complexity index is 1130. The molecule has 0 saturated carbocycles. The second-order valence-electron chi connectivity index (χ2n) is 8.19. The van der Waals surface area contributed by atoms with Crippen molar-refractivity contribution in [3.05, 3.63) is 65.9 Å². The number of ether oxygens (including phenoxy) is 2. The van der Waals surface area contributed by atoms with Gasteiger partial charge in [-0.15, -0.1) is 5.11 Å². The average molecular weight is 464 g/mol. The summed E-state index contributed by atoms with van der Waals surface area (Å²) in [5, 5.41) is 11.6. The third-order valence-corrected chi connectivity index (χ3v) is 5.82. The Morgan fingerprint density at radius 2 is 1.94 bits per heavy atom. The number of hydrogen-bond donors (Lipinski definition) is 1. The molecule has 9 nitrogen and oxygen atoms in total. The smallest absolute Gasteiger partial charge is 0.270 e. The van der Waals surface area contributed by atoms with Crippen LogP contribution in [0.3, 0.4) is 0 Å². The van der Waals surface area contributed by atoms with Crippen molar-refractivity contribution in [2.24, 2.45) is 10.2 Å². The molecular formula is C24H26FN7O2. The Morgan fingerprint density at radius 3 is 2.74 bits per heavy atom. The number of pyridine rings is 1. The fraction of sp³-hybridized carbons (Fsp3) is 0.375. The minimum Gasteiger partial charge on any atom is -0.381 e. The number of hydrogen-bond acceptors (Lipinski definition) is 9. The molecule has 2 aliphatic rings. The zero-order valence-electron chi connectivity index (χ0n) is 18.7. The maximum absolute atomic E-state index is 14.1. The van der Waals surface area contributed by atoms with Crippen LogP contribution in [0.2, 0.25) is 0 Å². The molecule has 0 aliphatic carbocycles. The molecule has 2 aromatic heterocycles. The van der Waals surface area contributed by atoms with Crippen molar-refractivity contribution in [2.75, 3.05) is 49.7 Å². The Labute approximate surface area is 197 Å². The summed E-state index contributed by atoms with van der Waals surface area (Å²) in [6.07, 6.45) is 3.95. The molecular weight excluding hydrogens is 437 g/mol. The van der Waals surface area contributed by atoms with Gasteiger partial charge in [0.1, 0.15) is 6.54 Å². The fourth-order valence-corrected chi connectivity index (χ4v) is 3.99. The van der Waals surface area contributed by atoms with Crippen LogP contribution in [0.1, 0.15) is 23.6 Å². The van der Waals surface area contributed by atoms with Crippen molar-refractivity contribution in [2.45, 2.75) is 18.9 Å². The van der Waals surface area contributed by atoms with E-state index in [0.717, 1.165) is 42.9 Å². The number of benzene rings is 1. The van der Waals surface area contributed by atoms with E-state index in [1.165, 1.54) is 5.56 Å². The van der Waals surface area contributed by atoms with Gasteiger partial charge < -0.3 is 19.7 Å². The molecule has 34 heavy (non-hydrogen) atoms. The van der Waals surface area contributed by atoms with Crippen LogP contribution in [0.4, 0.5) is 27.5 Å². The lowest BCUT2D eigenvalue weighted by Crippen LogP contribution is -2.37. The van der Waals surface area contributed by atoms with E-state index in [2.05, 4.69) is 48.7 Å². The first kappa shape index (κ1) is 22.3. The van der Waals surface area contributed by atoms with E-state index in [4.69, 9.17) is 9.47 Å². The maximum atomic E-state index is 14.1. The minimum atomic E-state index is -0.479. The predicted octanol–water partition coefficient (Wildman–Crippen LogP) is 4.38. The highest BCUT2D eigenvalue weighted by molar-refractivity contribution is 5.59. The summed E-state index contributed by atoms with van der Waals surface area (Å²) in [4.78, 5) is 14.4. The Morgan fingerprint density at radius 1 is 1.03 bits per heavy atom. The van der Waals surface area contributed by atoms with Crippen LogP contribution >= 0.6 is 0 Å². The van der Waals surface area contributed by atoms with Gasteiger partial charge in [0.15, 0.2) is 11.6 Å². The van der Waals surface area contributed by atoms with Crippen LogP contribution in [-0.4, -0.2) is 54.5 Å². The first-order valence-electron chi connectivity index (χ1n) is 11.4. The fourth-order valence-electron chi connectivity index (χ4n) is 3.99. The summed E-state index contributed by atoms with van der Waals surface area (Å²) in [6.45, 7) is 4.11. The van der Waals surface area contributed by atoms with Gasteiger partial charge in [-0.25, -0.2) is 9.37 Å². The molecule has 0 amide bonds. The molecule has 4 heterocycles. The lowest BCUT2D eigenvalue weighted by atomic mass is 9.98. The van der Waals surface area contributed by atoms with E-state index in [0.29, 0.717) is 32.2 Å². The van der Waals surface area contributed by atoms with Crippen molar-refractivity contribution in [3.8, 4) is 0 Å². The largest absolute Gasteiger partial charge is 0.381 e. The van der Waals surface area contributed by atoms with Crippen LogP contribution in [0.25, 0.3) is 0 Å². The highest BCUT2D eigenvalue weighted by atomic mass is 19.1. The third-order valence-electron chi connectivity index (χ3n) is 5.82. The maximum Gasteiger partial charge on any atom is 0.270 e. The van der Waals surface area contributed by atoms with E-state index < -0.39 is 5.82 Å². The van der Waals surface area contributed by atoms with Crippen molar-refractivity contribution in [1.82, 2.24) is 15.0 Å². The lowest BCUT2D eigenvalue weighted by molar-refractivity contribution is 0.122. The topological polar surface area (TPSA) is 97.1 Å². The summed E-state index contributed by atoms with van der Waals surface area (Å²) in [6, 6.07) is 12.2. The van der Waals surface area contributed by atoms with Crippen LogP contribution < -0.4 is 10.2 Å². The zero-order chi connectivity index (χ0) is 23.2. The third kappa shape index (κ3) is 5.52. The van der Waals surface area contributed by atoms with Crippen LogP contribution in [0.15, 0.2) is 59.0 Å². The van der Waals surface area contributed by atoms with Crippen molar-refractivity contribution < 1.29 is 13.9 Å². The zero-order valence-corrected chi connectivity index (χ0v) is 18.7. The van der Waals surface area contributed by atoms with Crippen LogP contribution in [0.5, 0.6) is 0 Å². The molecule has 2 saturated heterocycles. The summed E-state index contributed by atoms with van der Waals surface area (Å²) in [7, 11) is 0. The van der Waals surface area contributed by atoms with Crippen molar-refractivity contribution in [3.63, 3.8) is 0 Å². The molecule has 0 bridgehead atoms. The molecule has 2 fully saturated rings. The highest BCUT2D eigenvalue weighted by Crippen LogP contribution is 2.28. The first-order valence-corrected chi connectivity index (χ1v) is 11.4. The molecule has 10 heteroatoms. The first-order chi connectivity index (χ1) is 16.7. The molecule has 0 spiro atoms. The molecule has 2 aliphatic heterocycles. The quantitative estimate of drug-likeness (QED) is 0.520. The van der Waals surface area contributed by atoms with E-state index in [9.17, 15) is 4.39 Å². The number of morpholine rings is 1. The minimum absolute atomic E-state index is 0.119. The number of aromatic nitrogens is 3. The Hall–Kier alpha value is -3.50. The van der Waals surface area contributed by atoms with Crippen molar-refractivity contribution in [1.29, 1.82) is 0 Å². The van der Waals surface area contributed by atoms with Gasteiger partial charge in [-0.1, -0.05) is 12.1 Å². The summed E-state index contributed by atoms with van der Waals surface area (Å²) in [5.41, 5.74) is 3.94. The summed E-state index contributed by atoms with van der Waals surface area (Å²) in [5.74, 6) is 0.328. The highest BCUT2D eigenvalue weighted by Gasteiger charge is 2.18. The number of anilines is 3. The Balaban J connectivity index is 1.18. The van der Waals surface area contributed by atoms with Gasteiger partial charge in [-0.05, 0) is 36.2 Å². The molecule has 1 N–H and O–H groups in total. The molecule has 3 aromatic rings. The molecule has 0 radical (unpaired) electrons. The second-order valence-corrected chi connectivity index (χ2v) is 8.19. The van der Waals surface area contributed by atoms with E-state index in [1.54, 1.807) is 6.20 Å². The van der Waals surface area contributed by atoms with Gasteiger partial charge in [0, 0.05) is 31.3 Å². The molecule has 176 valence electrons. The normalized spacial score (nSPS) is 18.5. The summed E-state index contributed by atoms with van der Waals surface area (Å²) >= 11 is 0. The molecule has 1 atom stereocenters. The SMILES string of the molecule is Fc1cnc(N=NCc2ccc(Nc3cccc(C4CCOC4)c3)cn2)nc1N1CCOCC1. The average Bonchev–Trinajstić information content (AvgIpc) is 3.42. The van der Waals surface area contributed by atoms with E-state index in [1.807, 2.05) is 23.1 Å². The number of azo groups is 1. The lowest BCUT2D eigenvalue weighted by Gasteiger charge is -2.27. The van der Waals surface area contributed by atoms with Crippen LogP contribution in [-0.2, 0) is 16.0 Å². The Kier molecular flexibility index (Phi) is 6.97. The second kappa shape index (κ2) is 10.6. The molecule has 5 rings (SSSR count). The number of rotatable bonds is 7. The van der Waals surface area contributed by atoms with Gasteiger partial charge in [0.2, 0.25) is 0 Å². The summed E-state index contributed by atoms with van der Waals surface area (Å²) < 4.78 is 24.9. The van der Waals surface area contributed by atoms with E-state index >= 15 is 0 Å². The van der Waals surface area contributed by atoms with Gasteiger partial charge in [-0.3, -0.25) is 4.98 Å². The number of nitrogens with one attached hydrogen (secondary N) is 1. The predicted molar refractivity (Wildman–Crippen MR) is 125 cm³/mol. The standard InChI is InChI=1S/C24H26FN7O2/c25-22-15-27-24(30-23(22)32-7-10-33-11-8-32)31-28-14-20-4-5-21(13-26-20)29-19-3-1-2-17(12-19)18-6-9-34-16-18/h1-5,12-13,15,18,29H,6-11,14,16H2. The van der Waals surface area contributed by atoms with E-state index in [-0.39, 0.29) is 18.3 Å². The van der Waals surface area contributed by atoms with Crippen molar-refractivity contribution >= 4 is 23.1 Å². The monoisotopic (exact) mass is 463 g/mol. The van der Waals surface area contributed by atoms with Crippen LogP contribution in [0, 0.1) is 5.82 Å². The number of nitrogens with zero attached hydrogens (tertiary/aromatic N) is 6. The van der Waals surface area contributed by atoms with Gasteiger partial charge in [0.05, 0.1) is 43.6 Å².